The molecule has 0 atom stereocenters. The van der Waals surface area contributed by atoms with Crippen molar-refractivity contribution in [2.45, 2.75) is 25.7 Å². The summed E-state index contributed by atoms with van der Waals surface area (Å²) in [6, 6.07) is 3.92. The second-order valence-electron chi connectivity index (χ2n) is 5.95. The van der Waals surface area contributed by atoms with Gasteiger partial charge in [-0.2, -0.15) is 0 Å². The maximum Gasteiger partial charge on any atom is 0.164 e. The number of hydrogen-bond donors (Lipinski definition) is 1. The molecule has 3 aromatic heterocycles. The zero-order chi connectivity index (χ0) is 16.4. The van der Waals surface area contributed by atoms with Gasteiger partial charge in [-0.1, -0.05) is 0 Å². The van der Waals surface area contributed by atoms with E-state index in [1.807, 2.05) is 29.7 Å². The molecule has 6 heteroatoms. The first-order chi connectivity index (χ1) is 11.9. The second kappa shape index (κ2) is 6.83. The van der Waals surface area contributed by atoms with E-state index in [4.69, 9.17) is 14.7 Å². The van der Waals surface area contributed by atoms with Crippen LogP contribution in [-0.4, -0.2) is 35.2 Å². The van der Waals surface area contributed by atoms with Gasteiger partial charge in [0.2, 0.25) is 0 Å². The fraction of sp³-hybridized carbons (Fsp3) is 0.389. The minimum Gasteiger partial charge on any atom is -0.383 e. The van der Waals surface area contributed by atoms with Gasteiger partial charge in [0.1, 0.15) is 10.6 Å². The van der Waals surface area contributed by atoms with Crippen molar-refractivity contribution in [3.63, 3.8) is 0 Å². The number of thiophene rings is 1. The molecule has 0 bridgehead atoms. The number of pyridine rings is 1. The smallest absolute Gasteiger partial charge is 0.164 e. The number of ether oxygens (including phenoxy) is 1. The van der Waals surface area contributed by atoms with Gasteiger partial charge in [0.25, 0.3) is 0 Å². The quantitative estimate of drug-likeness (QED) is 0.718. The molecule has 0 spiro atoms. The molecule has 0 unspecified atom stereocenters. The topological polar surface area (TPSA) is 59.9 Å². The molecule has 0 radical (unpaired) electrons. The summed E-state index contributed by atoms with van der Waals surface area (Å²) in [4.78, 5) is 16.4. The molecule has 1 aliphatic carbocycles. The van der Waals surface area contributed by atoms with Gasteiger partial charge in [0.05, 0.1) is 12.0 Å². The van der Waals surface area contributed by atoms with E-state index in [1.54, 1.807) is 13.3 Å². The van der Waals surface area contributed by atoms with Gasteiger partial charge in [-0.25, -0.2) is 9.97 Å². The van der Waals surface area contributed by atoms with Gasteiger partial charge in [-0.3, -0.25) is 4.98 Å². The molecule has 0 saturated carbocycles. The molecule has 5 nitrogen and oxygen atoms in total. The number of rotatable bonds is 5. The Morgan fingerprint density at radius 2 is 2.17 bits per heavy atom. The van der Waals surface area contributed by atoms with Crippen LogP contribution < -0.4 is 5.32 Å². The highest BCUT2D eigenvalue weighted by Gasteiger charge is 2.21. The average Bonchev–Trinajstić information content (AvgIpc) is 3.01. The van der Waals surface area contributed by atoms with E-state index < -0.39 is 0 Å². The van der Waals surface area contributed by atoms with Crippen LogP contribution in [0.5, 0.6) is 0 Å². The Labute approximate surface area is 145 Å². The van der Waals surface area contributed by atoms with Crippen LogP contribution in [0.4, 0.5) is 5.82 Å². The maximum absolute atomic E-state index is 5.17. The van der Waals surface area contributed by atoms with Gasteiger partial charge in [-0.05, 0) is 43.4 Å². The second-order valence-corrected chi connectivity index (χ2v) is 7.03. The number of methoxy groups -OCH3 is 1. The summed E-state index contributed by atoms with van der Waals surface area (Å²) in [5.74, 6) is 1.66. The number of aromatic nitrogens is 3. The van der Waals surface area contributed by atoms with Crippen molar-refractivity contribution in [2.75, 3.05) is 25.6 Å². The predicted molar refractivity (Wildman–Crippen MR) is 97.7 cm³/mol. The summed E-state index contributed by atoms with van der Waals surface area (Å²) < 4.78 is 5.17. The monoisotopic (exact) mass is 340 g/mol. The number of fused-ring (bicyclic) bond motifs is 3. The summed E-state index contributed by atoms with van der Waals surface area (Å²) in [5, 5.41) is 4.65. The minimum absolute atomic E-state index is 0.653. The molecule has 3 heterocycles. The van der Waals surface area contributed by atoms with Crippen molar-refractivity contribution in [3.8, 4) is 11.4 Å². The normalized spacial score (nSPS) is 13.9. The highest BCUT2D eigenvalue weighted by atomic mass is 32.1. The Morgan fingerprint density at radius 3 is 3.00 bits per heavy atom. The van der Waals surface area contributed by atoms with E-state index in [-0.39, 0.29) is 0 Å². The predicted octanol–water partition coefficient (Wildman–Crippen LogP) is 3.69. The Bertz CT molecular complexity index is 847. The summed E-state index contributed by atoms with van der Waals surface area (Å²) in [6.07, 6.45) is 8.40. The number of nitrogens with one attached hydrogen (secondary N) is 1. The molecule has 0 amide bonds. The van der Waals surface area contributed by atoms with Crippen molar-refractivity contribution in [1.82, 2.24) is 15.0 Å². The van der Waals surface area contributed by atoms with E-state index in [0.717, 1.165) is 41.4 Å². The first-order valence-electron chi connectivity index (χ1n) is 8.32. The van der Waals surface area contributed by atoms with Crippen LogP contribution in [0.3, 0.4) is 0 Å². The number of nitrogens with zero attached hydrogens (tertiary/aromatic N) is 3. The molecule has 1 aliphatic rings. The zero-order valence-corrected chi connectivity index (χ0v) is 14.5. The van der Waals surface area contributed by atoms with Crippen LogP contribution in [-0.2, 0) is 17.6 Å². The van der Waals surface area contributed by atoms with Gasteiger partial charge in [0.15, 0.2) is 5.82 Å². The SMILES string of the molecule is COCCNc1nc(-c2cccnc2)nc2sc3c(c12)CCCC3. The lowest BCUT2D eigenvalue weighted by atomic mass is 9.97. The van der Waals surface area contributed by atoms with Crippen LogP contribution in [0.15, 0.2) is 24.5 Å². The highest BCUT2D eigenvalue weighted by Crippen LogP contribution is 2.39. The minimum atomic E-state index is 0.653. The Balaban J connectivity index is 1.85. The molecule has 0 fully saturated rings. The fourth-order valence-electron chi connectivity index (χ4n) is 3.18. The van der Waals surface area contributed by atoms with Crippen molar-refractivity contribution in [3.05, 3.63) is 35.0 Å². The van der Waals surface area contributed by atoms with E-state index in [2.05, 4.69) is 10.3 Å². The molecule has 124 valence electrons. The van der Waals surface area contributed by atoms with Crippen molar-refractivity contribution >= 4 is 27.4 Å². The molecule has 4 rings (SSSR count). The van der Waals surface area contributed by atoms with Gasteiger partial charge < -0.3 is 10.1 Å². The Morgan fingerprint density at radius 1 is 1.25 bits per heavy atom. The van der Waals surface area contributed by atoms with Crippen molar-refractivity contribution < 1.29 is 4.74 Å². The largest absolute Gasteiger partial charge is 0.383 e. The summed E-state index contributed by atoms with van der Waals surface area (Å²) in [6.45, 7) is 1.39. The summed E-state index contributed by atoms with van der Waals surface area (Å²) in [7, 11) is 1.71. The molecule has 3 aromatic rings. The van der Waals surface area contributed by atoms with Crippen LogP contribution in [0, 0.1) is 0 Å². The highest BCUT2D eigenvalue weighted by molar-refractivity contribution is 7.19. The third-order valence-electron chi connectivity index (χ3n) is 4.33. The van der Waals surface area contributed by atoms with Crippen LogP contribution in [0.1, 0.15) is 23.3 Å². The lowest BCUT2D eigenvalue weighted by Gasteiger charge is -2.13. The molecular formula is C18H20N4OS. The third-order valence-corrected chi connectivity index (χ3v) is 5.52. The molecule has 0 aliphatic heterocycles. The van der Waals surface area contributed by atoms with Gasteiger partial charge in [-0.15, -0.1) is 11.3 Å². The van der Waals surface area contributed by atoms with Crippen LogP contribution >= 0.6 is 11.3 Å². The number of hydrogen-bond acceptors (Lipinski definition) is 6. The summed E-state index contributed by atoms with van der Waals surface area (Å²) >= 11 is 1.82. The molecule has 0 aromatic carbocycles. The molecule has 24 heavy (non-hydrogen) atoms. The van der Waals surface area contributed by atoms with Crippen molar-refractivity contribution in [1.29, 1.82) is 0 Å². The van der Waals surface area contributed by atoms with Gasteiger partial charge >= 0.3 is 0 Å². The lowest BCUT2D eigenvalue weighted by Crippen LogP contribution is -2.10. The van der Waals surface area contributed by atoms with E-state index in [9.17, 15) is 0 Å². The van der Waals surface area contributed by atoms with E-state index in [1.165, 1.54) is 28.7 Å². The number of anilines is 1. The Kier molecular flexibility index (Phi) is 4.40. The standard InChI is InChI=1S/C18H20N4OS/c1-23-10-9-20-17-15-13-6-2-3-7-14(13)24-18(15)22-16(21-17)12-5-4-8-19-11-12/h4-5,8,11H,2-3,6-7,9-10H2,1H3,(H,20,21,22). The lowest BCUT2D eigenvalue weighted by molar-refractivity contribution is 0.210. The first kappa shape index (κ1) is 15.5. The first-order valence-corrected chi connectivity index (χ1v) is 9.14. The fourth-order valence-corrected chi connectivity index (χ4v) is 4.44. The molecule has 1 N–H and O–H groups in total. The molecular weight excluding hydrogens is 320 g/mol. The van der Waals surface area contributed by atoms with E-state index >= 15 is 0 Å². The third kappa shape index (κ3) is 2.87. The Hall–Kier alpha value is -2.05. The van der Waals surface area contributed by atoms with Gasteiger partial charge in [0, 0.05) is 36.5 Å². The van der Waals surface area contributed by atoms with Crippen LogP contribution in [0.2, 0.25) is 0 Å². The van der Waals surface area contributed by atoms with Crippen LogP contribution in [0.25, 0.3) is 21.6 Å². The average molecular weight is 340 g/mol. The van der Waals surface area contributed by atoms with Crippen molar-refractivity contribution in [2.24, 2.45) is 0 Å². The molecule has 0 saturated heterocycles. The zero-order valence-electron chi connectivity index (χ0n) is 13.7. The van der Waals surface area contributed by atoms with E-state index in [0.29, 0.717) is 6.61 Å². The maximum atomic E-state index is 5.17. The number of aryl methyl sites for hydroxylation is 2. The summed E-state index contributed by atoms with van der Waals surface area (Å²) in [5.41, 5.74) is 2.39.